The van der Waals surface area contributed by atoms with Crippen molar-refractivity contribution >= 4 is 5.91 Å². The van der Waals surface area contributed by atoms with Gasteiger partial charge in [0.15, 0.2) is 0 Å². The lowest BCUT2D eigenvalue weighted by atomic mass is 9.96. The summed E-state index contributed by atoms with van der Waals surface area (Å²) in [6.07, 6.45) is 0.846. The van der Waals surface area contributed by atoms with Crippen molar-refractivity contribution in [1.29, 1.82) is 0 Å². The van der Waals surface area contributed by atoms with Crippen LogP contribution in [-0.4, -0.2) is 24.5 Å². The SMILES string of the molecule is CC[C@]1(C)NCCNC1=O. The maximum absolute atomic E-state index is 11.2. The summed E-state index contributed by atoms with van der Waals surface area (Å²) in [5.41, 5.74) is -0.321. The molecule has 1 aliphatic heterocycles. The summed E-state index contributed by atoms with van der Waals surface area (Å²) in [7, 11) is 0. The Morgan fingerprint density at radius 1 is 1.60 bits per heavy atom. The summed E-state index contributed by atoms with van der Waals surface area (Å²) in [4.78, 5) is 11.2. The van der Waals surface area contributed by atoms with E-state index in [-0.39, 0.29) is 11.4 Å². The zero-order valence-electron chi connectivity index (χ0n) is 6.53. The van der Waals surface area contributed by atoms with Crippen LogP contribution in [0.2, 0.25) is 0 Å². The molecule has 2 N–H and O–H groups in total. The van der Waals surface area contributed by atoms with Crippen LogP contribution in [0.25, 0.3) is 0 Å². The van der Waals surface area contributed by atoms with Crippen LogP contribution in [0.1, 0.15) is 20.3 Å². The highest BCUT2D eigenvalue weighted by molar-refractivity contribution is 5.86. The van der Waals surface area contributed by atoms with Crippen LogP contribution in [0.5, 0.6) is 0 Å². The van der Waals surface area contributed by atoms with E-state index in [1.165, 1.54) is 0 Å². The van der Waals surface area contributed by atoms with Gasteiger partial charge in [0, 0.05) is 13.1 Å². The molecule has 1 rings (SSSR count). The Balaban J connectivity index is 2.63. The molecule has 1 atom stereocenters. The van der Waals surface area contributed by atoms with Crippen LogP contribution in [0.15, 0.2) is 0 Å². The highest BCUT2D eigenvalue weighted by Gasteiger charge is 2.32. The Morgan fingerprint density at radius 3 is 2.70 bits per heavy atom. The monoisotopic (exact) mass is 142 g/mol. The molecular formula is C7H14N2O. The van der Waals surface area contributed by atoms with Gasteiger partial charge >= 0.3 is 0 Å². The lowest BCUT2D eigenvalue weighted by Gasteiger charge is -2.32. The van der Waals surface area contributed by atoms with Gasteiger partial charge in [-0.05, 0) is 13.3 Å². The number of hydrogen-bond acceptors (Lipinski definition) is 2. The predicted octanol–water partition coefficient (Wildman–Crippen LogP) is -0.126. The van der Waals surface area contributed by atoms with Gasteiger partial charge in [-0.1, -0.05) is 6.92 Å². The molecule has 0 aromatic carbocycles. The van der Waals surface area contributed by atoms with E-state index in [2.05, 4.69) is 10.6 Å². The Bertz CT molecular complexity index is 147. The first-order chi connectivity index (χ1) is 4.69. The smallest absolute Gasteiger partial charge is 0.240 e. The molecule has 1 amide bonds. The molecule has 0 saturated carbocycles. The summed E-state index contributed by atoms with van der Waals surface area (Å²) in [5, 5.41) is 6.00. The average molecular weight is 142 g/mol. The van der Waals surface area contributed by atoms with E-state index in [9.17, 15) is 4.79 Å². The average Bonchev–Trinajstić information content (AvgIpc) is 1.96. The van der Waals surface area contributed by atoms with Crippen LogP contribution >= 0.6 is 0 Å². The molecule has 0 aliphatic carbocycles. The quantitative estimate of drug-likeness (QED) is 0.535. The Kier molecular flexibility index (Phi) is 1.94. The third-order valence-corrected chi connectivity index (χ3v) is 2.13. The standard InChI is InChI=1S/C7H14N2O/c1-3-7(2)6(10)8-4-5-9-7/h9H,3-5H2,1-2H3,(H,8,10)/t7-/m0/s1. The Labute approximate surface area is 61.2 Å². The van der Waals surface area contributed by atoms with Crippen LogP contribution in [0.3, 0.4) is 0 Å². The Hall–Kier alpha value is -0.570. The van der Waals surface area contributed by atoms with Crippen LogP contribution in [0, 0.1) is 0 Å². The summed E-state index contributed by atoms with van der Waals surface area (Å²) >= 11 is 0. The molecular weight excluding hydrogens is 128 g/mol. The van der Waals surface area contributed by atoms with Gasteiger partial charge in [0.25, 0.3) is 0 Å². The van der Waals surface area contributed by atoms with E-state index in [4.69, 9.17) is 0 Å². The minimum atomic E-state index is -0.321. The van der Waals surface area contributed by atoms with E-state index in [0.717, 1.165) is 19.5 Å². The fourth-order valence-corrected chi connectivity index (χ4v) is 1.08. The fraction of sp³-hybridized carbons (Fsp3) is 0.857. The molecule has 1 aliphatic rings. The Morgan fingerprint density at radius 2 is 2.30 bits per heavy atom. The summed E-state index contributed by atoms with van der Waals surface area (Å²) < 4.78 is 0. The van der Waals surface area contributed by atoms with E-state index in [0.29, 0.717) is 0 Å². The molecule has 0 spiro atoms. The first-order valence-corrected chi connectivity index (χ1v) is 3.72. The predicted molar refractivity (Wildman–Crippen MR) is 39.7 cm³/mol. The van der Waals surface area contributed by atoms with Crippen LogP contribution < -0.4 is 10.6 Å². The van der Waals surface area contributed by atoms with E-state index < -0.39 is 0 Å². The second-order valence-electron chi connectivity index (χ2n) is 2.87. The van der Waals surface area contributed by atoms with Crippen molar-refractivity contribution in [3.05, 3.63) is 0 Å². The third kappa shape index (κ3) is 1.14. The second kappa shape index (κ2) is 2.58. The molecule has 3 nitrogen and oxygen atoms in total. The van der Waals surface area contributed by atoms with Crippen molar-refractivity contribution < 1.29 is 4.79 Å². The highest BCUT2D eigenvalue weighted by Crippen LogP contribution is 2.10. The van der Waals surface area contributed by atoms with Crippen molar-refractivity contribution in [3.63, 3.8) is 0 Å². The number of nitrogens with one attached hydrogen (secondary N) is 2. The van der Waals surface area contributed by atoms with E-state index >= 15 is 0 Å². The highest BCUT2D eigenvalue weighted by atomic mass is 16.2. The first-order valence-electron chi connectivity index (χ1n) is 3.72. The number of carbonyl (C=O) groups excluding carboxylic acids is 1. The second-order valence-corrected chi connectivity index (χ2v) is 2.87. The molecule has 1 fully saturated rings. The molecule has 10 heavy (non-hydrogen) atoms. The normalized spacial score (nSPS) is 33.6. The van der Waals surface area contributed by atoms with Crippen molar-refractivity contribution in [3.8, 4) is 0 Å². The van der Waals surface area contributed by atoms with Crippen molar-refractivity contribution in [1.82, 2.24) is 10.6 Å². The molecule has 0 bridgehead atoms. The number of rotatable bonds is 1. The molecule has 58 valence electrons. The maximum atomic E-state index is 11.2. The fourth-order valence-electron chi connectivity index (χ4n) is 1.08. The van der Waals surface area contributed by atoms with Gasteiger partial charge in [-0.15, -0.1) is 0 Å². The molecule has 1 heterocycles. The lowest BCUT2D eigenvalue weighted by molar-refractivity contribution is -0.128. The lowest BCUT2D eigenvalue weighted by Crippen LogP contribution is -2.61. The maximum Gasteiger partial charge on any atom is 0.240 e. The first kappa shape index (κ1) is 7.54. The number of piperazine rings is 1. The minimum Gasteiger partial charge on any atom is -0.353 e. The molecule has 0 radical (unpaired) electrons. The van der Waals surface area contributed by atoms with E-state index in [1.807, 2.05) is 13.8 Å². The van der Waals surface area contributed by atoms with Gasteiger partial charge in [-0.3, -0.25) is 4.79 Å². The zero-order chi connectivity index (χ0) is 7.61. The molecule has 3 heteroatoms. The molecule has 0 unspecified atom stereocenters. The third-order valence-electron chi connectivity index (χ3n) is 2.13. The van der Waals surface area contributed by atoms with Gasteiger partial charge < -0.3 is 10.6 Å². The van der Waals surface area contributed by atoms with Crippen molar-refractivity contribution in [2.24, 2.45) is 0 Å². The summed E-state index contributed by atoms with van der Waals surface area (Å²) in [6.45, 7) is 5.59. The molecule has 1 saturated heterocycles. The molecule has 0 aromatic heterocycles. The van der Waals surface area contributed by atoms with Gasteiger partial charge in [-0.2, -0.15) is 0 Å². The largest absolute Gasteiger partial charge is 0.353 e. The van der Waals surface area contributed by atoms with Crippen molar-refractivity contribution in [2.45, 2.75) is 25.8 Å². The summed E-state index contributed by atoms with van der Waals surface area (Å²) in [6, 6.07) is 0. The molecule has 0 aromatic rings. The number of hydrogen-bond donors (Lipinski definition) is 2. The topological polar surface area (TPSA) is 41.1 Å². The number of carbonyl (C=O) groups is 1. The van der Waals surface area contributed by atoms with E-state index in [1.54, 1.807) is 0 Å². The number of amides is 1. The minimum absolute atomic E-state index is 0.126. The van der Waals surface area contributed by atoms with Crippen LogP contribution in [0.4, 0.5) is 0 Å². The van der Waals surface area contributed by atoms with Crippen LogP contribution in [-0.2, 0) is 4.79 Å². The summed E-state index contributed by atoms with van der Waals surface area (Å²) in [5.74, 6) is 0.126. The van der Waals surface area contributed by atoms with Gasteiger partial charge in [0.2, 0.25) is 5.91 Å². The van der Waals surface area contributed by atoms with Gasteiger partial charge in [-0.25, -0.2) is 0 Å². The van der Waals surface area contributed by atoms with Crippen molar-refractivity contribution in [2.75, 3.05) is 13.1 Å². The van der Waals surface area contributed by atoms with Gasteiger partial charge in [0.05, 0.1) is 5.54 Å². The van der Waals surface area contributed by atoms with Gasteiger partial charge in [0.1, 0.15) is 0 Å². The zero-order valence-corrected chi connectivity index (χ0v) is 6.53.